The zero-order chi connectivity index (χ0) is 15.5. The lowest BCUT2D eigenvalue weighted by Gasteiger charge is -2.35. The maximum Gasteiger partial charge on any atom is 0.126 e. The number of nitrogens with two attached hydrogens (primary N) is 1. The summed E-state index contributed by atoms with van der Waals surface area (Å²) in [5.41, 5.74) is 7.97. The van der Waals surface area contributed by atoms with E-state index in [1.54, 1.807) is 19.1 Å². The molecule has 2 unspecified atom stereocenters. The summed E-state index contributed by atoms with van der Waals surface area (Å²) in [4.78, 5) is 2.32. The van der Waals surface area contributed by atoms with E-state index in [1.807, 2.05) is 6.07 Å². The van der Waals surface area contributed by atoms with Gasteiger partial charge in [0, 0.05) is 12.1 Å². The van der Waals surface area contributed by atoms with Crippen LogP contribution in [0.15, 0.2) is 18.2 Å². The molecule has 0 radical (unpaired) electrons. The monoisotopic (exact) mass is 280 g/mol. The number of rotatable bonds is 5. The average Bonchev–Trinajstić information content (AvgIpc) is 2.36. The smallest absolute Gasteiger partial charge is 0.126 e. The van der Waals surface area contributed by atoms with Crippen molar-refractivity contribution in [1.82, 2.24) is 4.90 Å². The number of aryl methyl sites for hydroxylation is 1. The molecule has 20 heavy (non-hydrogen) atoms. The molecule has 0 spiro atoms. The van der Waals surface area contributed by atoms with Crippen LogP contribution in [0, 0.1) is 18.2 Å². The maximum absolute atomic E-state index is 13.6. The second-order valence-corrected chi connectivity index (χ2v) is 6.93. The van der Waals surface area contributed by atoms with E-state index >= 15 is 0 Å². The first-order chi connectivity index (χ1) is 9.12. The van der Waals surface area contributed by atoms with Gasteiger partial charge in [0.05, 0.1) is 0 Å². The van der Waals surface area contributed by atoms with E-state index in [4.69, 9.17) is 5.73 Å². The number of hydrogen-bond donors (Lipinski definition) is 1. The maximum atomic E-state index is 13.6. The van der Waals surface area contributed by atoms with Crippen molar-refractivity contribution < 1.29 is 4.39 Å². The van der Waals surface area contributed by atoms with Crippen LogP contribution in [0.5, 0.6) is 0 Å². The highest BCUT2D eigenvalue weighted by atomic mass is 19.1. The van der Waals surface area contributed by atoms with Gasteiger partial charge in [0.2, 0.25) is 0 Å². The summed E-state index contributed by atoms with van der Waals surface area (Å²) in [5, 5.41) is 0. The molecule has 1 rings (SSSR count). The van der Waals surface area contributed by atoms with E-state index in [0.29, 0.717) is 11.6 Å². The molecule has 0 amide bonds. The first-order valence-electron chi connectivity index (χ1n) is 7.34. The van der Waals surface area contributed by atoms with E-state index in [2.05, 4.69) is 39.6 Å². The van der Waals surface area contributed by atoms with Crippen LogP contribution in [0.3, 0.4) is 0 Å². The highest BCUT2D eigenvalue weighted by Gasteiger charge is 2.23. The van der Waals surface area contributed by atoms with Crippen LogP contribution in [-0.2, 0) is 0 Å². The molecular formula is C17H29FN2. The molecule has 1 aromatic rings. The largest absolute Gasteiger partial charge is 0.324 e. The summed E-state index contributed by atoms with van der Waals surface area (Å²) >= 11 is 0. The minimum atomic E-state index is -0.172. The highest BCUT2D eigenvalue weighted by molar-refractivity contribution is 5.25. The molecule has 0 aliphatic heterocycles. The van der Waals surface area contributed by atoms with Crippen LogP contribution < -0.4 is 5.73 Å². The Hall–Kier alpha value is -0.930. The van der Waals surface area contributed by atoms with Crippen LogP contribution in [0.1, 0.15) is 51.3 Å². The van der Waals surface area contributed by atoms with Gasteiger partial charge in [-0.2, -0.15) is 0 Å². The molecular weight excluding hydrogens is 251 g/mol. The predicted octanol–water partition coefficient (Wildman–Crippen LogP) is 3.89. The quantitative estimate of drug-likeness (QED) is 0.886. The lowest BCUT2D eigenvalue weighted by Crippen LogP contribution is -2.40. The van der Waals surface area contributed by atoms with Crippen molar-refractivity contribution in [3.8, 4) is 0 Å². The van der Waals surface area contributed by atoms with E-state index < -0.39 is 0 Å². The summed E-state index contributed by atoms with van der Waals surface area (Å²) in [5.74, 6) is -0.172. The van der Waals surface area contributed by atoms with Crippen molar-refractivity contribution in [3.63, 3.8) is 0 Å². The number of hydrogen-bond acceptors (Lipinski definition) is 2. The van der Waals surface area contributed by atoms with Gasteiger partial charge < -0.3 is 10.6 Å². The van der Waals surface area contributed by atoms with Crippen molar-refractivity contribution in [1.29, 1.82) is 0 Å². The van der Waals surface area contributed by atoms with Crippen molar-refractivity contribution in [2.24, 2.45) is 11.1 Å². The van der Waals surface area contributed by atoms with Gasteiger partial charge in [-0.15, -0.1) is 0 Å². The van der Waals surface area contributed by atoms with Crippen molar-refractivity contribution in [3.05, 3.63) is 35.1 Å². The van der Waals surface area contributed by atoms with Gasteiger partial charge in [-0.25, -0.2) is 4.39 Å². The summed E-state index contributed by atoms with van der Waals surface area (Å²) < 4.78 is 13.6. The van der Waals surface area contributed by atoms with Crippen LogP contribution >= 0.6 is 0 Å². The van der Waals surface area contributed by atoms with Gasteiger partial charge in [-0.1, -0.05) is 32.9 Å². The fourth-order valence-corrected chi connectivity index (χ4v) is 2.20. The third kappa shape index (κ3) is 4.57. The van der Waals surface area contributed by atoms with E-state index in [0.717, 1.165) is 18.5 Å². The Labute approximate surface area is 123 Å². The Morgan fingerprint density at radius 2 is 1.90 bits per heavy atom. The molecule has 3 heteroatoms. The summed E-state index contributed by atoms with van der Waals surface area (Å²) in [7, 11) is 2.12. The van der Waals surface area contributed by atoms with Gasteiger partial charge in [0.1, 0.15) is 5.82 Å². The zero-order valence-electron chi connectivity index (χ0n) is 13.7. The Balaban J connectivity index is 2.59. The van der Waals surface area contributed by atoms with E-state index in [1.165, 1.54) is 0 Å². The topological polar surface area (TPSA) is 29.3 Å². The number of benzene rings is 1. The normalized spacial score (nSPS) is 15.4. The molecule has 0 saturated carbocycles. The Kier molecular flexibility index (Phi) is 5.72. The zero-order valence-corrected chi connectivity index (χ0v) is 13.7. The van der Waals surface area contributed by atoms with Gasteiger partial charge in [-0.05, 0) is 56.5 Å². The molecule has 0 heterocycles. The molecule has 0 bridgehead atoms. The second-order valence-electron chi connectivity index (χ2n) is 6.93. The molecule has 0 aliphatic carbocycles. The van der Waals surface area contributed by atoms with Crippen LogP contribution in [0.2, 0.25) is 0 Å². The fourth-order valence-electron chi connectivity index (χ4n) is 2.20. The summed E-state index contributed by atoms with van der Waals surface area (Å²) in [6, 6.07) is 5.65. The van der Waals surface area contributed by atoms with Crippen LogP contribution in [-0.4, -0.2) is 24.5 Å². The molecule has 2 nitrogen and oxygen atoms in total. The molecule has 0 saturated heterocycles. The van der Waals surface area contributed by atoms with Gasteiger partial charge in [-0.3, -0.25) is 0 Å². The molecule has 0 aliphatic rings. The Morgan fingerprint density at radius 1 is 1.30 bits per heavy atom. The van der Waals surface area contributed by atoms with Crippen LogP contribution in [0.25, 0.3) is 0 Å². The second kappa shape index (κ2) is 6.68. The minimum Gasteiger partial charge on any atom is -0.324 e. The van der Waals surface area contributed by atoms with Gasteiger partial charge >= 0.3 is 0 Å². The fraction of sp³-hybridized carbons (Fsp3) is 0.647. The summed E-state index contributed by atoms with van der Waals surface area (Å²) in [6.45, 7) is 11.6. The van der Waals surface area contributed by atoms with Crippen molar-refractivity contribution in [2.45, 2.75) is 53.1 Å². The third-order valence-corrected chi connectivity index (χ3v) is 4.33. The molecule has 2 N–H and O–H groups in total. The van der Waals surface area contributed by atoms with Gasteiger partial charge in [0.15, 0.2) is 0 Å². The lowest BCUT2D eigenvalue weighted by molar-refractivity contribution is 0.137. The molecule has 114 valence electrons. The predicted molar refractivity (Wildman–Crippen MR) is 84.2 cm³/mol. The first kappa shape index (κ1) is 17.1. The van der Waals surface area contributed by atoms with E-state index in [-0.39, 0.29) is 17.3 Å². The lowest BCUT2D eigenvalue weighted by atomic mass is 9.87. The summed E-state index contributed by atoms with van der Waals surface area (Å²) in [6.07, 6.45) is 0.833. The third-order valence-electron chi connectivity index (χ3n) is 4.33. The molecule has 0 fully saturated rings. The SMILES string of the molecule is Cc1ccc(C(N)CCN(C)C(C)C(C)(C)C)cc1F. The first-order valence-corrected chi connectivity index (χ1v) is 7.34. The molecule has 0 aromatic heterocycles. The Morgan fingerprint density at radius 3 is 2.40 bits per heavy atom. The molecule has 2 atom stereocenters. The number of halogens is 1. The minimum absolute atomic E-state index is 0.111. The van der Waals surface area contributed by atoms with Crippen molar-refractivity contribution in [2.75, 3.05) is 13.6 Å². The Bertz CT molecular complexity index is 437. The molecule has 1 aromatic carbocycles. The van der Waals surface area contributed by atoms with E-state index in [9.17, 15) is 4.39 Å². The average molecular weight is 280 g/mol. The van der Waals surface area contributed by atoms with Crippen LogP contribution in [0.4, 0.5) is 4.39 Å². The van der Waals surface area contributed by atoms with Crippen molar-refractivity contribution >= 4 is 0 Å². The highest BCUT2D eigenvalue weighted by Crippen LogP contribution is 2.24. The van der Waals surface area contributed by atoms with Gasteiger partial charge in [0.25, 0.3) is 0 Å². The number of nitrogens with zero attached hydrogens (tertiary/aromatic N) is 1. The standard InChI is InChI=1S/C17H29FN2/c1-12-7-8-14(11-15(12)18)16(19)9-10-20(6)13(2)17(3,4)5/h7-8,11,13,16H,9-10,19H2,1-6H3.